The average molecular weight is 417 g/mol. The van der Waals surface area contributed by atoms with Crippen molar-refractivity contribution in [2.75, 3.05) is 16.8 Å². The van der Waals surface area contributed by atoms with Crippen LogP contribution in [0, 0.1) is 0 Å². The summed E-state index contributed by atoms with van der Waals surface area (Å²) in [4.78, 5) is 26.2. The van der Waals surface area contributed by atoms with Crippen LogP contribution in [0.15, 0.2) is 55.1 Å². The van der Waals surface area contributed by atoms with Crippen molar-refractivity contribution < 1.29 is 14.3 Å². The van der Waals surface area contributed by atoms with E-state index in [1.165, 1.54) is 6.08 Å². The number of carbonyl (C=O) groups is 2. The van der Waals surface area contributed by atoms with Crippen molar-refractivity contribution in [1.82, 2.24) is 0 Å². The lowest BCUT2D eigenvalue weighted by Gasteiger charge is -2.32. The Morgan fingerprint density at radius 1 is 1.29 bits per heavy atom. The molecule has 0 fully saturated rings. The molecule has 3 rings (SSSR count). The SMILES string of the molecule is C=CCN1C(=O)C(C)Oc2ccc(NC(=O)/C=C/c3ccc(Cl)cc3Cl)cc21. The van der Waals surface area contributed by atoms with Gasteiger partial charge in [0.05, 0.1) is 5.69 Å². The Balaban J connectivity index is 1.78. The largest absolute Gasteiger partial charge is 0.479 e. The molecule has 1 heterocycles. The molecule has 1 aliphatic heterocycles. The zero-order valence-electron chi connectivity index (χ0n) is 15.1. The first-order valence-electron chi connectivity index (χ1n) is 8.56. The predicted octanol–water partition coefficient (Wildman–Crippen LogP) is 4.95. The Hall–Kier alpha value is -2.76. The molecule has 0 bridgehead atoms. The molecule has 1 unspecified atom stereocenters. The van der Waals surface area contributed by atoms with Crippen molar-refractivity contribution in [2.45, 2.75) is 13.0 Å². The van der Waals surface area contributed by atoms with Gasteiger partial charge in [-0.25, -0.2) is 0 Å². The summed E-state index contributed by atoms with van der Waals surface area (Å²) in [6, 6.07) is 10.2. The maximum absolute atomic E-state index is 12.4. The Bertz CT molecular complexity index is 972. The summed E-state index contributed by atoms with van der Waals surface area (Å²) in [5.41, 5.74) is 1.80. The molecule has 2 aromatic rings. The number of nitrogens with zero attached hydrogens (tertiary/aromatic N) is 1. The number of fused-ring (bicyclic) bond motifs is 1. The maximum atomic E-state index is 12.4. The predicted molar refractivity (Wildman–Crippen MR) is 113 cm³/mol. The summed E-state index contributed by atoms with van der Waals surface area (Å²) in [6.07, 6.45) is 4.05. The van der Waals surface area contributed by atoms with Crippen molar-refractivity contribution in [1.29, 1.82) is 0 Å². The first kappa shape index (κ1) is 20.0. The highest BCUT2D eigenvalue weighted by molar-refractivity contribution is 6.35. The van der Waals surface area contributed by atoms with Gasteiger partial charge in [-0.05, 0) is 48.9 Å². The third-order valence-corrected chi connectivity index (χ3v) is 4.69. The third-order valence-electron chi connectivity index (χ3n) is 4.12. The number of amides is 2. The number of nitrogens with one attached hydrogen (secondary N) is 1. The molecule has 2 aromatic carbocycles. The summed E-state index contributed by atoms with van der Waals surface area (Å²) in [5, 5.41) is 3.75. The minimum Gasteiger partial charge on any atom is -0.479 e. The summed E-state index contributed by atoms with van der Waals surface area (Å²) in [6.45, 7) is 5.74. The summed E-state index contributed by atoms with van der Waals surface area (Å²) >= 11 is 12.0. The zero-order chi connectivity index (χ0) is 20.3. The normalized spacial score (nSPS) is 15.9. The topological polar surface area (TPSA) is 58.6 Å². The van der Waals surface area contributed by atoms with Gasteiger partial charge < -0.3 is 15.0 Å². The minimum atomic E-state index is -0.569. The summed E-state index contributed by atoms with van der Waals surface area (Å²) < 4.78 is 5.63. The molecule has 1 aliphatic rings. The number of ether oxygens (including phenoxy) is 1. The Labute approximate surface area is 173 Å². The lowest BCUT2D eigenvalue weighted by atomic mass is 10.1. The van der Waals surface area contributed by atoms with Crippen LogP contribution in [0.1, 0.15) is 12.5 Å². The first-order chi connectivity index (χ1) is 13.4. The Morgan fingerprint density at radius 2 is 2.07 bits per heavy atom. The molecule has 28 heavy (non-hydrogen) atoms. The molecule has 0 aliphatic carbocycles. The summed E-state index contributed by atoms with van der Waals surface area (Å²) in [5.74, 6) is 0.0845. The van der Waals surface area contributed by atoms with E-state index in [1.807, 2.05) is 0 Å². The lowest BCUT2D eigenvalue weighted by Crippen LogP contribution is -2.44. The van der Waals surface area contributed by atoms with E-state index in [9.17, 15) is 9.59 Å². The fraction of sp³-hybridized carbons (Fsp3) is 0.143. The van der Waals surface area contributed by atoms with Crippen LogP contribution in [0.25, 0.3) is 6.08 Å². The van der Waals surface area contributed by atoms with Crippen LogP contribution in [0.5, 0.6) is 5.75 Å². The van der Waals surface area contributed by atoms with Gasteiger partial charge in [0.1, 0.15) is 5.75 Å². The van der Waals surface area contributed by atoms with E-state index in [-0.39, 0.29) is 11.8 Å². The van der Waals surface area contributed by atoms with Crippen LogP contribution in [0.3, 0.4) is 0 Å². The second-order valence-electron chi connectivity index (χ2n) is 6.17. The molecule has 1 N–H and O–H groups in total. The van der Waals surface area contributed by atoms with E-state index in [1.54, 1.807) is 60.4 Å². The van der Waals surface area contributed by atoms with Crippen LogP contribution in [0.4, 0.5) is 11.4 Å². The molecule has 144 valence electrons. The fourth-order valence-electron chi connectivity index (χ4n) is 2.79. The van der Waals surface area contributed by atoms with Crippen LogP contribution >= 0.6 is 23.2 Å². The van der Waals surface area contributed by atoms with E-state index in [0.29, 0.717) is 39.3 Å². The van der Waals surface area contributed by atoms with Gasteiger partial charge in [-0.1, -0.05) is 35.3 Å². The van der Waals surface area contributed by atoms with E-state index in [0.717, 1.165) is 0 Å². The van der Waals surface area contributed by atoms with Gasteiger partial charge >= 0.3 is 0 Å². The van der Waals surface area contributed by atoms with Crippen LogP contribution < -0.4 is 15.0 Å². The number of carbonyl (C=O) groups excluding carboxylic acids is 2. The van der Waals surface area contributed by atoms with Gasteiger partial charge in [-0.3, -0.25) is 9.59 Å². The Morgan fingerprint density at radius 3 is 2.79 bits per heavy atom. The fourth-order valence-corrected chi connectivity index (χ4v) is 3.26. The Kier molecular flexibility index (Phi) is 6.07. The van der Waals surface area contributed by atoms with Crippen molar-refractivity contribution in [3.05, 3.63) is 70.7 Å². The molecular weight excluding hydrogens is 399 g/mol. The second-order valence-corrected chi connectivity index (χ2v) is 7.01. The van der Waals surface area contributed by atoms with Gasteiger partial charge in [-0.15, -0.1) is 6.58 Å². The van der Waals surface area contributed by atoms with Gasteiger partial charge in [0, 0.05) is 28.4 Å². The number of hydrogen-bond donors (Lipinski definition) is 1. The monoisotopic (exact) mass is 416 g/mol. The number of hydrogen-bond acceptors (Lipinski definition) is 3. The van der Waals surface area contributed by atoms with Gasteiger partial charge in [0.25, 0.3) is 5.91 Å². The number of benzene rings is 2. The van der Waals surface area contributed by atoms with Crippen LogP contribution in [-0.4, -0.2) is 24.5 Å². The van der Waals surface area contributed by atoms with Crippen molar-refractivity contribution in [3.63, 3.8) is 0 Å². The zero-order valence-corrected chi connectivity index (χ0v) is 16.6. The number of rotatable bonds is 5. The standard InChI is InChI=1S/C21H18Cl2N2O3/c1-3-10-25-18-12-16(7-8-19(18)28-13(2)21(25)27)24-20(26)9-5-14-4-6-15(22)11-17(14)23/h3-9,11-13H,1,10H2,2H3,(H,24,26)/b9-5+. The smallest absolute Gasteiger partial charge is 0.268 e. The molecule has 7 heteroatoms. The molecule has 0 radical (unpaired) electrons. The first-order valence-corrected chi connectivity index (χ1v) is 9.31. The molecular formula is C21H18Cl2N2O3. The van der Waals surface area contributed by atoms with Gasteiger partial charge in [-0.2, -0.15) is 0 Å². The van der Waals surface area contributed by atoms with Crippen LogP contribution in [-0.2, 0) is 9.59 Å². The van der Waals surface area contributed by atoms with E-state index >= 15 is 0 Å². The maximum Gasteiger partial charge on any atom is 0.268 e. The second kappa shape index (κ2) is 8.50. The van der Waals surface area contributed by atoms with E-state index < -0.39 is 6.10 Å². The van der Waals surface area contributed by atoms with Crippen LogP contribution in [0.2, 0.25) is 10.0 Å². The molecule has 5 nitrogen and oxygen atoms in total. The highest BCUT2D eigenvalue weighted by Crippen LogP contribution is 2.36. The average Bonchev–Trinajstić information content (AvgIpc) is 2.65. The minimum absolute atomic E-state index is 0.159. The quantitative estimate of drug-likeness (QED) is 0.554. The van der Waals surface area contributed by atoms with Crippen molar-refractivity contribution >= 4 is 52.5 Å². The molecule has 0 saturated heterocycles. The van der Waals surface area contributed by atoms with Crippen molar-refractivity contribution in [2.24, 2.45) is 0 Å². The lowest BCUT2D eigenvalue weighted by molar-refractivity contribution is -0.125. The van der Waals surface area contributed by atoms with Gasteiger partial charge in [0.2, 0.25) is 5.91 Å². The summed E-state index contributed by atoms with van der Waals surface area (Å²) in [7, 11) is 0. The number of anilines is 2. The molecule has 0 spiro atoms. The van der Waals surface area contributed by atoms with Crippen molar-refractivity contribution in [3.8, 4) is 5.75 Å². The highest BCUT2D eigenvalue weighted by atomic mass is 35.5. The van der Waals surface area contributed by atoms with E-state index in [2.05, 4.69) is 11.9 Å². The molecule has 2 amide bonds. The molecule has 1 atom stereocenters. The third kappa shape index (κ3) is 4.38. The molecule has 0 saturated carbocycles. The highest BCUT2D eigenvalue weighted by Gasteiger charge is 2.30. The number of halogens is 2. The van der Waals surface area contributed by atoms with Gasteiger partial charge in [0.15, 0.2) is 6.10 Å². The van der Waals surface area contributed by atoms with E-state index in [4.69, 9.17) is 27.9 Å². The molecule has 0 aromatic heterocycles.